The van der Waals surface area contributed by atoms with Gasteiger partial charge in [0, 0.05) is 19.1 Å². The quantitative estimate of drug-likeness (QED) is 0.827. The van der Waals surface area contributed by atoms with Gasteiger partial charge in [0.1, 0.15) is 5.69 Å². The minimum absolute atomic E-state index is 0.0650. The summed E-state index contributed by atoms with van der Waals surface area (Å²) in [6, 6.07) is 6.03. The van der Waals surface area contributed by atoms with E-state index in [4.69, 9.17) is 5.26 Å². The van der Waals surface area contributed by atoms with Crippen LogP contribution in [-0.2, 0) is 0 Å². The Morgan fingerprint density at radius 1 is 1.55 bits per heavy atom. The van der Waals surface area contributed by atoms with Crippen molar-refractivity contribution in [3.05, 3.63) is 24.0 Å². The smallest absolute Gasteiger partial charge is 0.272 e. The summed E-state index contributed by atoms with van der Waals surface area (Å²) in [6.45, 7) is 3.49. The van der Waals surface area contributed by atoms with E-state index in [2.05, 4.69) is 23.3 Å². The first kappa shape index (κ1) is 14.3. The number of nitrogens with zero attached hydrogens (tertiary/aromatic N) is 3. The number of carbonyl (C=O) groups excluding carboxylic acids is 1. The Morgan fingerprint density at radius 3 is 2.90 bits per heavy atom. The van der Waals surface area contributed by atoms with Crippen molar-refractivity contribution >= 4 is 11.6 Å². The average Bonchev–Trinajstić information content (AvgIpc) is 3.30. The molecule has 0 unspecified atom stereocenters. The molecular weight excluding hydrogens is 252 g/mol. The minimum atomic E-state index is -0.0650. The molecule has 0 spiro atoms. The second kappa shape index (κ2) is 6.90. The Kier molecular flexibility index (Phi) is 4.94. The van der Waals surface area contributed by atoms with Crippen LogP contribution < -0.4 is 5.32 Å². The second-order valence-electron chi connectivity index (χ2n) is 5.00. The van der Waals surface area contributed by atoms with Crippen molar-refractivity contribution in [2.75, 3.05) is 18.4 Å². The maximum Gasteiger partial charge on any atom is 0.272 e. The number of amides is 1. The Hall–Kier alpha value is -2.09. The van der Waals surface area contributed by atoms with Crippen molar-refractivity contribution in [2.45, 2.75) is 38.6 Å². The third-order valence-corrected chi connectivity index (χ3v) is 3.27. The van der Waals surface area contributed by atoms with Crippen molar-refractivity contribution < 1.29 is 4.79 Å². The van der Waals surface area contributed by atoms with Crippen LogP contribution in [0.2, 0.25) is 0 Å². The van der Waals surface area contributed by atoms with Gasteiger partial charge in [-0.3, -0.25) is 4.79 Å². The Balaban J connectivity index is 2.01. The van der Waals surface area contributed by atoms with Gasteiger partial charge < -0.3 is 10.2 Å². The lowest BCUT2D eigenvalue weighted by atomic mass is 10.2. The molecule has 1 aliphatic rings. The molecule has 1 aliphatic carbocycles. The molecule has 0 aromatic carbocycles. The molecule has 1 N–H and O–H groups in total. The zero-order valence-corrected chi connectivity index (χ0v) is 11.8. The van der Waals surface area contributed by atoms with Crippen LogP contribution in [0.1, 0.15) is 43.1 Å². The first-order chi connectivity index (χ1) is 9.76. The van der Waals surface area contributed by atoms with Gasteiger partial charge in [-0.05, 0) is 31.4 Å². The Morgan fingerprint density at radius 2 is 2.35 bits per heavy atom. The van der Waals surface area contributed by atoms with Gasteiger partial charge in [0.25, 0.3) is 5.91 Å². The third kappa shape index (κ3) is 3.70. The van der Waals surface area contributed by atoms with E-state index in [1.807, 2.05) is 6.07 Å². The summed E-state index contributed by atoms with van der Waals surface area (Å²) < 4.78 is 0. The molecule has 5 nitrogen and oxygen atoms in total. The number of hydrogen-bond donors (Lipinski definition) is 1. The molecule has 0 radical (unpaired) electrons. The predicted molar refractivity (Wildman–Crippen MR) is 77.3 cm³/mol. The molecule has 106 valence electrons. The number of nitriles is 1. The van der Waals surface area contributed by atoms with Gasteiger partial charge >= 0.3 is 0 Å². The molecule has 1 aromatic rings. The highest BCUT2D eigenvalue weighted by Crippen LogP contribution is 2.28. The fraction of sp³-hybridized carbons (Fsp3) is 0.533. The van der Waals surface area contributed by atoms with E-state index in [0.717, 1.165) is 31.5 Å². The van der Waals surface area contributed by atoms with Gasteiger partial charge in [0.2, 0.25) is 0 Å². The summed E-state index contributed by atoms with van der Waals surface area (Å²) in [5.41, 5.74) is 1.38. The summed E-state index contributed by atoms with van der Waals surface area (Å²) >= 11 is 0. The van der Waals surface area contributed by atoms with Gasteiger partial charge in [-0.1, -0.05) is 6.92 Å². The SMILES string of the molecule is CCCNc1ccc(C(=O)N(CCC#N)C2CC2)nc1. The van der Waals surface area contributed by atoms with E-state index in [0.29, 0.717) is 24.7 Å². The molecule has 1 saturated carbocycles. The third-order valence-electron chi connectivity index (χ3n) is 3.27. The van der Waals surface area contributed by atoms with E-state index in [-0.39, 0.29) is 5.91 Å². The highest BCUT2D eigenvalue weighted by Gasteiger charge is 2.33. The second-order valence-corrected chi connectivity index (χ2v) is 5.00. The fourth-order valence-corrected chi connectivity index (χ4v) is 2.05. The normalized spacial score (nSPS) is 13.6. The standard InChI is InChI=1S/C15H20N4O/c1-2-9-17-12-4-7-14(18-11-12)15(20)19(10-3-8-16)13-5-6-13/h4,7,11,13,17H,2-3,5-6,9-10H2,1H3. The molecule has 0 saturated heterocycles. The summed E-state index contributed by atoms with van der Waals surface area (Å²) in [4.78, 5) is 18.4. The lowest BCUT2D eigenvalue weighted by molar-refractivity contribution is 0.0741. The molecular formula is C15H20N4O. The summed E-state index contributed by atoms with van der Waals surface area (Å²) in [5.74, 6) is -0.0650. The molecule has 1 fully saturated rings. The van der Waals surface area contributed by atoms with Gasteiger partial charge in [-0.25, -0.2) is 4.98 Å². The van der Waals surface area contributed by atoms with E-state index >= 15 is 0 Å². The summed E-state index contributed by atoms with van der Waals surface area (Å²) in [7, 11) is 0. The molecule has 1 heterocycles. The van der Waals surface area contributed by atoms with E-state index in [1.54, 1.807) is 17.2 Å². The zero-order chi connectivity index (χ0) is 14.4. The molecule has 20 heavy (non-hydrogen) atoms. The van der Waals surface area contributed by atoms with Crippen LogP contribution >= 0.6 is 0 Å². The topological polar surface area (TPSA) is 69.0 Å². The molecule has 1 amide bonds. The first-order valence-corrected chi connectivity index (χ1v) is 7.14. The number of rotatable bonds is 7. The van der Waals surface area contributed by atoms with Crippen molar-refractivity contribution in [2.24, 2.45) is 0 Å². The number of nitrogens with one attached hydrogen (secondary N) is 1. The molecule has 0 bridgehead atoms. The minimum Gasteiger partial charge on any atom is -0.384 e. The average molecular weight is 272 g/mol. The lowest BCUT2D eigenvalue weighted by Crippen LogP contribution is -2.34. The summed E-state index contributed by atoms with van der Waals surface area (Å²) in [6.07, 6.45) is 5.18. The van der Waals surface area contributed by atoms with Gasteiger partial charge in [-0.2, -0.15) is 5.26 Å². The van der Waals surface area contributed by atoms with Crippen LogP contribution in [0.3, 0.4) is 0 Å². The molecule has 1 aromatic heterocycles. The Labute approximate surface area is 119 Å². The predicted octanol–water partition coefficient (Wildman–Crippen LogP) is 2.42. The molecule has 0 aliphatic heterocycles. The van der Waals surface area contributed by atoms with Gasteiger partial charge in [0.15, 0.2) is 0 Å². The van der Waals surface area contributed by atoms with Crippen molar-refractivity contribution in [3.63, 3.8) is 0 Å². The largest absolute Gasteiger partial charge is 0.384 e. The highest BCUT2D eigenvalue weighted by molar-refractivity contribution is 5.93. The Bertz CT molecular complexity index is 488. The van der Waals surface area contributed by atoms with Gasteiger partial charge in [-0.15, -0.1) is 0 Å². The molecule has 5 heteroatoms. The van der Waals surface area contributed by atoms with Crippen molar-refractivity contribution in [1.82, 2.24) is 9.88 Å². The molecule has 0 atom stereocenters. The number of hydrogen-bond acceptors (Lipinski definition) is 4. The van der Waals surface area contributed by atoms with E-state index in [9.17, 15) is 4.79 Å². The maximum absolute atomic E-state index is 12.4. The van der Waals surface area contributed by atoms with Crippen LogP contribution in [0.5, 0.6) is 0 Å². The maximum atomic E-state index is 12.4. The van der Waals surface area contributed by atoms with Crippen LogP contribution in [0.15, 0.2) is 18.3 Å². The number of pyridine rings is 1. The summed E-state index contributed by atoms with van der Waals surface area (Å²) in [5, 5.41) is 11.9. The van der Waals surface area contributed by atoms with Crippen LogP contribution in [-0.4, -0.2) is 34.9 Å². The lowest BCUT2D eigenvalue weighted by Gasteiger charge is -2.20. The van der Waals surface area contributed by atoms with E-state index < -0.39 is 0 Å². The van der Waals surface area contributed by atoms with Crippen molar-refractivity contribution in [1.29, 1.82) is 5.26 Å². The van der Waals surface area contributed by atoms with E-state index in [1.165, 1.54) is 0 Å². The van der Waals surface area contributed by atoms with Crippen molar-refractivity contribution in [3.8, 4) is 6.07 Å². The molecule has 2 rings (SSSR count). The van der Waals surface area contributed by atoms with Crippen LogP contribution in [0.4, 0.5) is 5.69 Å². The van der Waals surface area contributed by atoms with Crippen LogP contribution in [0.25, 0.3) is 0 Å². The van der Waals surface area contributed by atoms with Crippen LogP contribution in [0, 0.1) is 11.3 Å². The highest BCUT2D eigenvalue weighted by atomic mass is 16.2. The monoisotopic (exact) mass is 272 g/mol. The number of anilines is 1. The number of aromatic nitrogens is 1. The van der Waals surface area contributed by atoms with Gasteiger partial charge in [0.05, 0.1) is 24.4 Å². The fourth-order valence-electron chi connectivity index (χ4n) is 2.05. The number of carbonyl (C=O) groups is 1. The first-order valence-electron chi connectivity index (χ1n) is 7.14. The zero-order valence-electron chi connectivity index (χ0n) is 11.8.